The summed E-state index contributed by atoms with van der Waals surface area (Å²) >= 11 is 12.1. The lowest BCUT2D eigenvalue weighted by molar-refractivity contribution is 0.143. The Labute approximate surface area is 167 Å². The van der Waals surface area contributed by atoms with E-state index in [9.17, 15) is 0 Å². The minimum atomic E-state index is 0.350. The van der Waals surface area contributed by atoms with Crippen molar-refractivity contribution in [3.8, 4) is 0 Å². The molecule has 3 heterocycles. The Bertz CT molecular complexity index is 669. The van der Waals surface area contributed by atoms with Gasteiger partial charge in [0, 0.05) is 52.9 Å². The van der Waals surface area contributed by atoms with Crippen LogP contribution in [-0.4, -0.2) is 65.9 Å². The largest absolute Gasteiger partial charge is 0.383 e. The van der Waals surface area contributed by atoms with E-state index in [1.165, 1.54) is 0 Å². The third-order valence-electron chi connectivity index (χ3n) is 4.04. The Hall–Kier alpha value is -1.08. The van der Waals surface area contributed by atoms with Gasteiger partial charge in [0.2, 0.25) is 5.95 Å². The average Bonchev–Trinajstić information content (AvgIpc) is 3.01. The fraction of sp³-hybridized carbons (Fsp3) is 0.667. The van der Waals surface area contributed by atoms with Crippen LogP contribution in [0.25, 0.3) is 11.0 Å². The van der Waals surface area contributed by atoms with Crippen LogP contribution in [0.2, 0.25) is 10.3 Å². The number of fused-ring (bicyclic) bond motifs is 1. The molecule has 0 amide bonds. The quantitative estimate of drug-likeness (QED) is 0.719. The molecule has 1 fully saturated rings. The average molecular weight is 404 g/mol. The van der Waals surface area contributed by atoms with Crippen molar-refractivity contribution in [3.63, 3.8) is 0 Å². The molecular formula is C18H31Cl2N5O. The van der Waals surface area contributed by atoms with Crippen molar-refractivity contribution in [2.45, 2.75) is 27.7 Å². The third kappa shape index (κ3) is 5.46. The molecule has 0 spiro atoms. The van der Waals surface area contributed by atoms with Crippen LogP contribution in [0.3, 0.4) is 0 Å². The Morgan fingerprint density at radius 1 is 1.04 bits per heavy atom. The second-order valence-electron chi connectivity index (χ2n) is 5.40. The Balaban J connectivity index is 0.000000791. The van der Waals surface area contributed by atoms with Crippen molar-refractivity contribution in [2.75, 3.05) is 51.3 Å². The molecule has 0 N–H and O–H groups in total. The first-order valence-corrected chi connectivity index (χ1v) is 10.0. The van der Waals surface area contributed by atoms with Crippen molar-refractivity contribution < 1.29 is 4.74 Å². The lowest BCUT2D eigenvalue weighted by Crippen LogP contribution is -2.48. The maximum absolute atomic E-state index is 6.15. The highest BCUT2D eigenvalue weighted by molar-refractivity contribution is 6.36. The van der Waals surface area contributed by atoms with Gasteiger partial charge in [-0.15, -0.1) is 0 Å². The van der Waals surface area contributed by atoms with Gasteiger partial charge in [-0.2, -0.15) is 0 Å². The number of hydrogen-bond acceptors (Lipinski definition) is 5. The molecular weight excluding hydrogens is 373 g/mol. The zero-order chi connectivity index (χ0) is 19.7. The van der Waals surface area contributed by atoms with Crippen LogP contribution in [0, 0.1) is 0 Å². The summed E-state index contributed by atoms with van der Waals surface area (Å²) in [7, 11) is 3.72. The fourth-order valence-corrected chi connectivity index (χ4v) is 3.24. The first-order valence-electron chi connectivity index (χ1n) is 9.25. The van der Waals surface area contributed by atoms with Crippen molar-refractivity contribution >= 4 is 40.2 Å². The normalized spacial score (nSPS) is 14.5. The van der Waals surface area contributed by atoms with E-state index in [1.54, 1.807) is 13.2 Å². The Kier molecular flexibility index (Phi) is 10.2. The number of piperazine rings is 1. The molecule has 148 valence electrons. The summed E-state index contributed by atoms with van der Waals surface area (Å²) in [5.74, 6) is 0.910. The summed E-state index contributed by atoms with van der Waals surface area (Å²) in [6.07, 6.45) is 0. The zero-order valence-corrected chi connectivity index (χ0v) is 18.2. The fourth-order valence-electron chi connectivity index (χ4n) is 2.78. The molecule has 0 aromatic carbocycles. The lowest BCUT2D eigenvalue weighted by atomic mass is 10.3. The van der Waals surface area contributed by atoms with Gasteiger partial charge in [-0.05, 0) is 0 Å². The van der Waals surface area contributed by atoms with Gasteiger partial charge in [0.25, 0.3) is 0 Å². The summed E-state index contributed by atoms with van der Waals surface area (Å²) < 4.78 is 7.16. The zero-order valence-electron chi connectivity index (χ0n) is 16.7. The number of pyridine rings is 1. The highest BCUT2D eigenvalue weighted by Gasteiger charge is 2.22. The van der Waals surface area contributed by atoms with E-state index < -0.39 is 0 Å². The number of methoxy groups -OCH3 is 1. The highest BCUT2D eigenvalue weighted by Crippen LogP contribution is 2.28. The molecule has 26 heavy (non-hydrogen) atoms. The summed E-state index contributed by atoms with van der Waals surface area (Å²) in [4.78, 5) is 13.4. The summed E-state index contributed by atoms with van der Waals surface area (Å²) in [5, 5.41) is 0.736. The van der Waals surface area contributed by atoms with Gasteiger partial charge < -0.3 is 14.2 Å². The molecule has 6 nitrogen and oxygen atoms in total. The SMILES string of the molecule is CC.CC.COCCN1CCN(c2nc3c(Cl)nc(Cl)cc3n2C)CC1. The number of halogens is 2. The standard InChI is InChI=1S/C14H19Cl2N5O.2C2H6/c1-19-10-9-11(15)17-13(16)12(10)18-14(19)21-5-3-20(4-6-21)7-8-22-2;2*1-2/h9H,3-8H2,1-2H3;2*1-2H3. The van der Waals surface area contributed by atoms with Gasteiger partial charge in [0.15, 0.2) is 5.15 Å². The van der Waals surface area contributed by atoms with Crippen LogP contribution in [-0.2, 0) is 11.8 Å². The minimum Gasteiger partial charge on any atom is -0.383 e. The first kappa shape index (κ1) is 23.0. The van der Waals surface area contributed by atoms with E-state index >= 15 is 0 Å². The van der Waals surface area contributed by atoms with Crippen molar-refractivity contribution in [3.05, 3.63) is 16.4 Å². The van der Waals surface area contributed by atoms with Gasteiger partial charge in [-0.3, -0.25) is 4.90 Å². The molecule has 1 saturated heterocycles. The first-order chi connectivity index (χ1) is 12.6. The Morgan fingerprint density at radius 2 is 1.65 bits per heavy atom. The third-order valence-corrected chi connectivity index (χ3v) is 4.50. The topological polar surface area (TPSA) is 46.4 Å². The lowest BCUT2D eigenvalue weighted by Gasteiger charge is -2.35. The van der Waals surface area contributed by atoms with E-state index in [4.69, 9.17) is 27.9 Å². The number of anilines is 1. The number of ether oxygens (including phenoxy) is 1. The molecule has 0 unspecified atom stereocenters. The maximum Gasteiger partial charge on any atom is 0.206 e. The molecule has 0 bridgehead atoms. The molecule has 0 radical (unpaired) electrons. The molecule has 3 rings (SSSR count). The predicted molar refractivity (Wildman–Crippen MR) is 112 cm³/mol. The van der Waals surface area contributed by atoms with Gasteiger partial charge in [-0.25, -0.2) is 9.97 Å². The summed E-state index contributed by atoms with van der Waals surface area (Å²) in [6, 6.07) is 1.80. The summed E-state index contributed by atoms with van der Waals surface area (Å²) in [5.41, 5.74) is 1.60. The van der Waals surface area contributed by atoms with E-state index in [0.29, 0.717) is 15.8 Å². The molecule has 2 aromatic rings. The van der Waals surface area contributed by atoms with Crippen molar-refractivity contribution in [1.29, 1.82) is 0 Å². The molecule has 0 atom stereocenters. The molecule has 1 aliphatic heterocycles. The highest BCUT2D eigenvalue weighted by atomic mass is 35.5. The monoisotopic (exact) mass is 403 g/mol. The van der Waals surface area contributed by atoms with Crippen LogP contribution >= 0.6 is 23.2 Å². The van der Waals surface area contributed by atoms with Crippen LogP contribution < -0.4 is 4.90 Å². The van der Waals surface area contributed by atoms with E-state index in [1.807, 2.05) is 39.3 Å². The number of imidazole rings is 1. The van der Waals surface area contributed by atoms with Gasteiger partial charge in [-0.1, -0.05) is 50.9 Å². The van der Waals surface area contributed by atoms with E-state index in [-0.39, 0.29) is 0 Å². The molecule has 0 aliphatic carbocycles. The van der Waals surface area contributed by atoms with Crippen molar-refractivity contribution in [2.24, 2.45) is 7.05 Å². The van der Waals surface area contributed by atoms with E-state index in [0.717, 1.165) is 50.8 Å². The van der Waals surface area contributed by atoms with E-state index in [2.05, 4.69) is 19.8 Å². The van der Waals surface area contributed by atoms with Gasteiger partial charge in [0.1, 0.15) is 10.7 Å². The summed E-state index contributed by atoms with van der Waals surface area (Å²) in [6.45, 7) is 13.6. The van der Waals surface area contributed by atoms with Crippen molar-refractivity contribution in [1.82, 2.24) is 19.4 Å². The van der Waals surface area contributed by atoms with Crippen LogP contribution in [0.5, 0.6) is 0 Å². The van der Waals surface area contributed by atoms with Crippen LogP contribution in [0.15, 0.2) is 6.07 Å². The van der Waals surface area contributed by atoms with Crippen LogP contribution in [0.1, 0.15) is 27.7 Å². The maximum atomic E-state index is 6.15. The number of hydrogen-bond donors (Lipinski definition) is 0. The number of rotatable bonds is 4. The molecule has 8 heteroatoms. The molecule has 0 saturated carbocycles. The smallest absolute Gasteiger partial charge is 0.206 e. The second-order valence-corrected chi connectivity index (χ2v) is 6.14. The number of nitrogens with zero attached hydrogens (tertiary/aromatic N) is 5. The Morgan fingerprint density at radius 3 is 2.23 bits per heavy atom. The second kappa shape index (κ2) is 11.6. The molecule has 1 aliphatic rings. The molecule has 2 aromatic heterocycles. The van der Waals surface area contributed by atoms with Crippen LogP contribution in [0.4, 0.5) is 5.95 Å². The van der Waals surface area contributed by atoms with Gasteiger partial charge in [0.05, 0.1) is 12.1 Å². The van der Waals surface area contributed by atoms with Gasteiger partial charge >= 0.3 is 0 Å². The predicted octanol–water partition coefficient (Wildman–Crippen LogP) is 4.10. The number of aromatic nitrogens is 3. The number of aryl methyl sites for hydroxylation is 1. The minimum absolute atomic E-state index is 0.350.